The van der Waals surface area contributed by atoms with Crippen LogP contribution in [0, 0.1) is 45.3 Å². The van der Waals surface area contributed by atoms with Crippen molar-refractivity contribution in [2.75, 3.05) is 19.8 Å². The summed E-state index contributed by atoms with van der Waals surface area (Å²) >= 11 is 0. The van der Waals surface area contributed by atoms with E-state index in [0.717, 1.165) is 19.3 Å². The second kappa shape index (κ2) is 18.1. The monoisotopic (exact) mass is 949 g/mol. The molecule has 19 nitrogen and oxygen atoms in total. The smallest absolute Gasteiger partial charge is 0.187 e. The predicted molar refractivity (Wildman–Crippen MR) is 228 cm³/mol. The van der Waals surface area contributed by atoms with Gasteiger partial charge in [-0.25, -0.2) is 0 Å². The first kappa shape index (κ1) is 51.6. The van der Waals surface area contributed by atoms with E-state index in [9.17, 15) is 61.3 Å². The summed E-state index contributed by atoms with van der Waals surface area (Å²) < 4.78 is 43.9. The molecule has 0 bridgehead atoms. The largest absolute Gasteiger partial charge is 0.394 e. The van der Waals surface area contributed by atoms with Crippen LogP contribution in [0.25, 0.3) is 0 Å². The van der Waals surface area contributed by atoms with E-state index in [-0.39, 0.29) is 29.8 Å². The van der Waals surface area contributed by atoms with Gasteiger partial charge in [-0.15, -0.1) is 0 Å². The zero-order chi connectivity index (χ0) is 48.4. The highest BCUT2D eigenvalue weighted by atomic mass is 16.8. The fraction of sp³-hybridized carbons (Fsp3) is 1.00. The maximum atomic E-state index is 12.5. The Morgan fingerprint density at radius 3 is 1.76 bits per heavy atom. The lowest BCUT2D eigenvalue weighted by atomic mass is 9.34. The molecule has 0 aromatic carbocycles. The van der Waals surface area contributed by atoms with Crippen LogP contribution in [0.4, 0.5) is 0 Å². The molecule has 4 aliphatic carbocycles. The van der Waals surface area contributed by atoms with Crippen LogP contribution in [0.2, 0.25) is 0 Å². The lowest BCUT2D eigenvalue weighted by Gasteiger charge is -2.72. The molecule has 4 saturated carbocycles. The Morgan fingerprint density at radius 2 is 1.20 bits per heavy atom. The topological polar surface area (TPSA) is 307 Å². The van der Waals surface area contributed by atoms with E-state index < -0.39 is 157 Å². The minimum absolute atomic E-state index is 0.00530. The molecule has 4 heterocycles. The van der Waals surface area contributed by atoms with E-state index in [1.807, 2.05) is 13.8 Å². The fourth-order valence-electron chi connectivity index (χ4n) is 15.3. The highest BCUT2D eigenvalue weighted by Crippen LogP contribution is 2.76. The van der Waals surface area contributed by atoms with Crippen molar-refractivity contribution in [1.82, 2.24) is 0 Å². The predicted octanol–water partition coefficient (Wildman–Crippen LogP) is -1.21. The maximum Gasteiger partial charge on any atom is 0.187 e. The molecule has 0 aromatic rings. The van der Waals surface area contributed by atoms with Gasteiger partial charge in [0.25, 0.3) is 0 Å². The van der Waals surface area contributed by atoms with Gasteiger partial charge in [0.05, 0.1) is 55.4 Å². The van der Waals surface area contributed by atoms with Gasteiger partial charge in [0.2, 0.25) is 0 Å². The molecule has 0 amide bonds. The third kappa shape index (κ3) is 8.16. The van der Waals surface area contributed by atoms with Crippen molar-refractivity contribution >= 4 is 0 Å². The molecule has 26 atom stereocenters. The van der Waals surface area contributed by atoms with Crippen molar-refractivity contribution in [3.05, 3.63) is 0 Å². The van der Waals surface area contributed by atoms with E-state index >= 15 is 0 Å². The Morgan fingerprint density at radius 1 is 0.621 bits per heavy atom. The molecule has 1 unspecified atom stereocenters. The molecule has 8 fully saturated rings. The summed E-state index contributed by atoms with van der Waals surface area (Å²) in [6.45, 7) is 14.5. The minimum Gasteiger partial charge on any atom is -0.394 e. The van der Waals surface area contributed by atoms with Gasteiger partial charge in [-0.1, -0.05) is 34.6 Å². The third-order valence-corrected chi connectivity index (χ3v) is 19.1. The summed E-state index contributed by atoms with van der Waals surface area (Å²) in [5, 5.41) is 133. The molecular formula is C47H80O19. The van der Waals surface area contributed by atoms with Crippen LogP contribution in [0.3, 0.4) is 0 Å². The standard InChI is InChI=1S/C47H80O19/c1-42(2)27(52)10-12-44(5)26-15-21(50)29-20(47(8)14-11-28(66-47)43(3,4)59)9-13-45(29,6)46(26,7)16-23(38(42)44)61-40-36(33(56)31(54)24(17-48)62-40)65-41-37(34(57)32(55)25(18-49)63-41)64-39-35(58)30(53)22(51)19-60-39/h20-41,48-59H,9-19H2,1-8H3/t20?,21-,22-,23+,24-,25-,26-,27+,28+,29+,30+,31-,32-,33+,34+,35-,36-,37-,38+,39+,40-,41+,44-,45-,46-,47+/m1/s1. The zero-order valence-electron chi connectivity index (χ0n) is 39.7. The molecule has 0 radical (unpaired) electrons. The number of hydrogen-bond donors (Lipinski definition) is 12. The number of hydrogen-bond acceptors (Lipinski definition) is 19. The second-order valence-corrected chi connectivity index (χ2v) is 23.6. The molecule has 19 heteroatoms. The van der Waals surface area contributed by atoms with Crippen LogP contribution in [0.1, 0.15) is 107 Å². The lowest BCUT2D eigenvalue weighted by Crippen LogP contribution is -2.71. The molecule has 66 heavy (non-hydrogen) atoms. The molecule has 4 saturated heterocycles. The molecule has 12 N–H and O–H groups in total. The maximum absolute atomic E-state index is 12.5. The van der Waals surface area contributed by atoms with Gasteiger partial charge in [-0.3, -0.25) is 0 Å². The average molecular weight is 949 g/mol. The van der Waals surface area contributed by atoms with Crippen molar-refractivity contribution in [2.24, 2.45) is 45.3 Å². The molecular weight excluding hydrogens is 868 g/mol. The highest BCUT2D eigenvalue weighted by Gasteiger charge is 2.74. The van der Waals surface area contributed by atoms with E-state index in [1.165, 1.54) is 0 Å². The van der Waals surface area contributed by atoms with Gasteiger partial charge in [-0.2, -0.15) is 0 Å². The average Bonchev–Trinajstić information content (AvgIpc) is 3.85. The summed E-state index contributed by atoms with van der Waals surface area (Å²) in [6.07, 6.45) is -20.7. The van der Waals surface area contributed by atoms with Crippen molar-refractivity contribution in [2.45, 2.75) is 228 Å². The third-order valence-electron chi connectivity index (χ3n) is 19.1. The van der Waals surface area contributed by atoms with Crippen LogP contribution in [0.5, 0.6) is 0 Å². The minimum atomic E-state index is -1.87. The Kier molecular flexibility index (Phi) is 14.1. The number of ether oxygens (including phenoxy) is 7. The summed E-state index contributed by atoms with van der Waals surface area (Å²) in [5.74, 6) is -0.564. The normalized spacial score (nSPS) is 56.4. The van der Waals surface area contributed by atoms with Crippen molar-refractivity contribution in [3.63, 3.8) is 0 Å². The van der Waals surface area contributed by atoms with Gasteiger partial charge in [0, 0.05) is 0 Å². The number of aliphatic hydroxyl groups is 12. The van der Waals surface area contributed by atoms with E-state index in [2.05, 4.69) is 27.7 Å². The Hall–Kier alpha value is -0.760. The van der Waals surface area contributed by atoms with E-state index in [1.54, 1.807) is 13.8 Å². The van der Waals surface area contributed by atoms with Gasteiger partial charge >= 0.3 is 0 Å². The number of fused-ring (bicyclic) bond motifs is 5. The van der Waals surface area contributed by atoms with E-state index in [4.69, 9.17) is 33.2 Å². The van der Waals surface area contributed by atoms with Crippen LogP contribution in [-0.4, -0.2) is 203 Å². The Bertz CT molecular complexity index is 1700. The first-order chi connectivity index (χ1) is 30.7. The van der Waals surface area contributed by atoms with Gasteiger partial charge in [-0.05, 0) is 117 Å². The highest BCUT2D eigenvalue weighted by molar-refractivity contribution is 5.22. The van der Waals surface area contributed by atoms with Crippen molar-refractivity contribution in [3.8, 4) is 0 Å². The summed E-state index contributed by atoms with van der Waals surface area (Å²) in [4.78, 5) is 0. The first-order valence-corrected chi connectivity index (χ1v) is 24.3. The van der Waals surface area contributed by atoms with Crippen molar-refractivity contribution in [1.29, 1.82) is 0 Å². The second-order valence-electron chi connectivity index (χ2n) is 23.6. The summed E-state index contributed by atoms with van der Waals surface area (Å²) in [5.41, 5.74) is -3.83. The van der Waals surface area contributed by atoms with Crippen LogP contribution in [-0.2, 0) is 33.2 Å². The SMILES string of the molecule is CC(C)(O)[C@@H]1CC[C@@](C)(C2CC[C@]3(C)[C@@H]2[C@H](O)C[C@@H]2[C@@]4(C)CC[C@H](O)C(C)(C)[C@@H]4[C@@H](O[C@@H]4O[C@H](CO)[C@@H](O)[C@H](O)[C@H]4O[C@@H]4O[C@H](CO)[C@@H](O)[C@H](O)[C@H]4O[C@@H]4OC[C@@H](O)[C@H](O)[C@H]4O)C[C@]23C)O1. The molecule has 4 aliphatic heterocycles. The fourth-order valence-corrected chi connectivity index (χ4v) is 15.3. The zero-order valence-corrected chi connectivity index (χ0v) is 39.7. The lowest BCUT2D eigenvalue weighted by molar-refractivity contribution is -0.397. The number of rotatable bonds is 10. The van der Waals surface area contributed by atoms with Crippen LogP contribution in [0.15, 0.2) is 0 Å². The van der Waals surface area contributed by atoms with E-state index in [0.29, 0.717) is 32.1 Å². The first-order valence-electron chi connectivity index (χ1n) is 24.3. The van der Waals surface area contributed by atoms with Gasteiger partial charge in [0.1, 0.15) is 67.1 Å². The summed E-state index contributed by atoms with van der Waals surface area (Å²) in [6, 6.07) is 0. The van der Waals surface area contributed by atoms with Crippen LogP contribution >= 0.6 is 0 Å². The van der Waals surface area contributed by atoms with Gasteiger partial charge < -0.3 is 94.4 Å². The molecule has 0 spiro atoms. The van der Waals surface area contributed by atoms with Gasteiger partial charge in [0.15, 0.2) is 18.9 Å². The molecule has 0 aromatic heterocycles. The van der Waals surface area contributed by atoms with Crippen molar-refractivity contribution < 1.29 is 94.4 Å². The Balaban J connectivity index is 1.15. The quantitative estimate of drug-likeness (QED) is 0.114. The molecule has 8 rings (SSSR count). The molecule has 8 aliphatic rings. The molecule has 382 valence electrons. The van der Waals surface area contributed by atoms with Crippen LogP contribution < -0.4 is 0 Å². The Labute approximate surface area is 387 Å². The number of aliphatic hydroxyl groups excluding tert-OH is 11. The summed E-state index contributed by atoms with van der Waals surface area (Å²) in [7, 11) is 0.